The van der Waals surface area contributed by atoms with Gasteiger partial charge in [0.15, 0.2) is 0 Å². The average molecular weight is 572 g/mol. The first-order valence-electron chi connectivity index (χ1n) is 13.9. The highest BCUT2D eigenvalue weighted by Gasteiger charge is 2.35. The number of fused-ring (bicyclic) bond motifs is 1. The van der Waals surface area contributed by atoms with Gasteiger partial charge in [0.25, 0.3) is 5.91 Å². The number of hydrogen-bond donors (Lipinski definition) is 3. The number of carbonyl (C=O) groups excluding carboxylic acids is 4. The highest BCUT2D eigenvalue weighted by molar-refractivity contribution is 5.95. The van der Waals surface area contributed by atoms with Crippen LogP contribution in [-0.2, 0) is 32.0 Å². The van der Waals surface area contributed by atoms with Crippen molar-refractivity contribution < 1.29 is 19.2 Å². The van der Waals surface area contributed by atoms with Gasteiger partial charge in [0.2, 0.25) is 17.7 Å². The van der Waals surface area contributed by atoms with Crippen LogP contribution in [0.25, 0.3) is 10.8 Å². The molecule has 3 aromatic rings. The molecular weight excluding hydrogens is 530 g/mol. The van der Waals surface area contributed by atoms with E-state index in [0.717, 1.165) is 21.9 Å². The van der Waals surface area contributed by atoms with E-state index >= 15 is 0 Å². The number of nitrogens with one attached hydrogen (secondary N) is 2. The Hall–Kier alpha value is -4.50. The molecule has 3 aromatic carbocycles. The third-order valence-electron chi connectivity index (χ3n) is 7.00. The summed E-state index contributed by atoms with van der Waals surface area (Å²) in [7, 11) is 3.13. The molecule has 9 heteroatoms. The van der Waals surface area contributed by atoms with Gasteiger partial charge in [0, 0.05) is 39.4 Å². The lowest BCUT2D eigenvalue weighted by atomic mass is 9.98. The Bertz CT molecular complexity index is 1430. The predicted octanol–water partition coefficient (Wildman–Crippen LogP) is 3.13. The van der Waals surface area contributed by atoms with Crippen molar-refractivity contribution in [3.8, 4) is 0 Å². The molecule has 0 aliphatic carbocycles. The van der Waals surface area contributed by atoms with E-state index in [9.17, 15) is 19.2 Å². The first kappa shape index (κ1) is 32.0. The zero-order chi connectivity index (χ0) is 30.9. The topological polar surface area (TPSA) is 125 Å². The number of nitrogens with zero attached hydrogens (tertiary/aromatic N) is 2. The minimum atomic E-state index is -0.956. The lowest BCUT2D eigenvalue weighted by molar-refractivity contribution is -0.146. The second kappa shape index (κ2) is 14.4. The molecule has 0 bridgehead atoms. The number of hydrogen-bond acceptors (Lipinski definition) is 5. The molecule has 0 heterocycles. The van der Waals surface area contributed by atoms with Gasteiger partial charge in [-0.15, -0.1) is 0 Å². The molecule has 42 heavy (non-hydrogen) atoms. The number of rotatable bonds is 11. The monoisotopic (exact) mass is 571 g/mol. The van der Waals surface area contributed by atoms with Crippen LogP contribution in [0.2, 0.25) is 0 Å². The highest BCUT2D eigenvalue weighted by Crippen LogP contribution is 2.20. The fourth-order valence-corrected chi connectivity index (χ4v) is 4.58. The van der Waals surface area contributed by atoms with Gasteiger partial charge in [0.1, 0.15) is 12.1 Å². The molecule has 222 valence electrons. The average Bonchev–Trinajstić information content (AvgIpc) is 2.96. The summed E-state index contributed by atoms with van der Waals surface area (Å²) in [5.41, 5.74) is 12.0. The summed E-state index contributed by atoms with van der Waals surface area (Å²) in [5.74, 6) is -1.75. The normalized spacial score (nSPS) is 12.9. The van der Waals surface area contributed by atoms with E-state index in [1.807, 2.05) is 86.6 Å². The molecule has 0 fully saturated rings. The first-order valence-corrected chi connectivity index (χ1v) is 13.9. The minimum Gasteiger partial charge on any atom is -0.332 e. The Morgan fingerprint density at radius 3 is 2.07 bits per heavy atom. The van der Waals surface area contributed by atoms with E-state index in [0.29, 0.717) is 6.42 Å². The lowest BCUT2D eigenvalue weighted by Crippen LogP contribution is -2.57. The molecule has 0 saturated carbocycles. The SMILES string of the molecule is CC(=O)NNC(=O)[C@@H](Cc1ccccc1)N(C)C(=O)[C@@H](Cc1ccc2ccccc2c1)N(C)C(=O)/C=C/CC(C)(C)N. The fourth-order valence-electron chi connectivity index (χ4n) is 4.58. The van der Waals surface area contributed by atoms with Gasteiger partial charge in [-0.25, -0.2) is 0 Å². The molecule has 3 rings (SSSR count). The zero-order valence-corrected chi connectivity index (χ0v) is 25.0. The summed E-state index contributed by atoms with van der Waals surface area (Å²) in [6, 6.07) is 21.3. The number of likely N-dealkylation sites (N-methyl/N-ethyl adjacent to an activating group) is 2. The van der Waals surface area contributed by atoms with Crippen LogP contribution >= 0.6 is 0 Å². The number of amides is 4. The summed E-state index contributed by atoms with van der Waals surface area (Å²) >= 11 is 0. The predicted molar refractivity (Wildman–Crippen MR) is 165 cm³/mol. The van der Waals surface area contributed by atoms with Crippen molar-refractivity contribution in [3.63, 3.8) is 0 Å². The Morgan fingerprint density at radius 1 is 0.810 bits per heavy atom. The van der Waals surface area contributed by atoms with Crippen LogP contribution in [0.5, 0.6) is 0 Å². The molecule has 4 N–H and O–H groups in total. The van der Waals surface area contributed by atoms with Crippen LogP contribution in [0.4, 0.5) is 0 Å². The van der Waals surface area contributed by atoms with Gasteiger partial charge in [-0.05, 0) is 48.2 Å². The van der Waals surface area contributed by atoms with Gasteiger partial charge in [-0.3, -0.25) is 30.0 Å². The number of nitrogens with two attached hydrogens (primary N) is 1. The quantitative estimate of drug-likeness (QED) is 0.241. The molecule has 0 radical (unpaired) electrons. The largest absolute Gasteiger partial charge is 0.332 e. The van der Waals surface area contributed by atoms with Crippen LogP contribution < -0.4 is 16.6 Å². The Morgan fingerprint density at radius 2 is 1.43 bits per heavy atom. The van der Waals surface area contributed by atoms with Crippen LogP contribution in [0.3, 0.4) is 0 Å². The molecule has 0 aliphatic heterocycles. The molecule has 0 saturated heterocycles. The number of carbonyl (C=O) groups is 4. The van der Waals surface area contributed by atoms with Crippen molar-refractivity contribution in [1.82, 2.24) is 20.7 Å². The molecule has 2 atom stereocenters. The maximum absolute atomic E-state index is 14.2. The molecule has 0 spiro atoms. The van der Waals surface area contributed by atoms with Gasteiger partial charge in [-0.2, -0.15) is 0 Å². The maximum Gasteiger partial charge on any atom is 0.261 e. The number of hydrazine groups is 1. The summed E-state index contributed by atoms with van der Waals surface area (Å²) in [5, 5.41) is 2.08. The molecule has 0 aromatic heterocycles. The van der Waals surface area contributed by atoms with E-state index in [4.69, 9.17) is 5.73 Å². The van der Waals surface area contributed by atoms with E-state index in [1.165, 1.54) is 22.8 Å². The van der Waals surface area contributed by atoms with E-state index in [-0.39, 0.29) is 18.7 Å². The second-order valence-electron chi connectivity index (χ2n) is 11.3. The van der Waals surface area contributed by atoms with Crippen molar-refractivity contribution in [2.45, 2.75) is 57.7 Å². The molecular formula is C33H41N5O4. The van der Waals surface area contributed by atoms with Crippen LogP contribution in [0.15, 0.2) is 84.9 Å². The number of benzene rings is 3. The highest BCUT2D eigenvalue weighted by atomic mass is 16.2. The Balaban J connectivity index is 1.95. The molecule has 4 amide bonds. The molecule has 0 aliphatic rings. The van der Waals surface area contributed by atoms with E-state index in [1.54, 1.807) is 20.2 Å². The third-order valence-corrected chi connectivity index (χ3v) is 7.00. The zero-order valence-electron chi connectivity index (χ0n) is 25.0. The molecule has 0 unspecified atom stereocenters. The summed E-state index contributed by atoms with van der Waals surface area (Å²) in [6.07, 6.45) is 4.07. The van der Waals surface area contributed by atoms with Gasteiger partial charge in [-0.1, -0.05) is 78.9 Å². The standard InChI is InChI=1S/C33H41N5O4/c1-23(39)35-36-31(41)28(21-24-12-7-6-8-13-24)38(5)32(42)29(37(4)30(40)16-11-19-33(2,3)34)22-25-17-18-26-14-9-10-15-27(26)20-25/h6-18,20,28-29H,19,21-22,34H2,1-5H3,(H,35,39)(H,36,41)/b16-11+/t28-,29-/m1/s1. The Kier molecular flexibility index (Phi) is 11.0. The van der Waals surface area contributed by atoms with Crippen molar-refractivity contribution in [2.24, 2.45) is 5.73 Å². The van der Waals surface area contributed by atoms with E-state index < -0.39 is 35.3 Å². The van der Waals surface area contributed by atoms with Gasteiger partial charge in [0.05, 0.1) is 0 Å². The minimum absolute atomic E-state index is 0.209. The van der Waals surface area contributed by atoms with Crippen LogP contribution in [-0.4, -0.2) is 65.1 Å². The summed E-state index contributed by atoms with van der Waals surface area (Å²) < 4.78 is 0. The molecule has 9 nitrogen and oxygen atoms in total. The maximum atomic E-state index is 14.2. The van der Waals surface area contributed by atoms with Crippen molar-refractivity contribution in [1.29, 1.82) is 0 Å². The third kappa shape index (κ3) is 9.27. The van der Waals surface area contributed by atoms with Crippen LogP contribution in [0, 0.1) is 0 Å². The van der Waals surface area contributed by atoms with Crippen molar-refractivity contribution >= 4 is 34.4 Å². The van der Waals surface area contributed by atoms with Gasteiger partial charge < -0.3 is 15.5 Å². The van der Waals surface area contributed by atoms with Crippen molar-refractivity contribution in [2.75, 3.05) is 14.1 Å². The fraction of sp³-hybridized carbons (Fsp3) is 0.333. The Labute approximate surface area is 247 Å². The lowest BCUT2D eigenvalue weighted by Gasteiger charge is -2.34. The van der Waals surface area contributed by atoms with Gasteiger partial charge >= 0.3 is 0 Å². The second-order valence-corrected chi connectivity index (χ2v) is 11.3. The smallest absolute Gasteiger partial charge is 0.261 e. The van der Waals surface area contributed by atoms with Crippen LogP contribution in [0.1, 0.15) is 38.3 Å². The van der Waals surface area contributed by atoms with Crippen molar-refractivity contribution in [3.05, 3.63) is 96.1 Å². The summed E-state index contributed by atoms with van der Waals surface area (Å²) in [4.78, 5) is 54.9. The first-order chi connectivity index (χ1) is 19.9. The van der Waals surface area contributed by atoms with E-state index in [2.05, 4.69) is 10.9 Å². The summed E-state index contributed by atoms with van der Waals surface area (Å²) in [6.45, 7) is 5.01.